The number of para-hydroxylation sites is 1. The first-order valence-corrected chi connectivity index (χ1v) is 6.43. The molecule has 0 aliphatic heterocycles. The summed E-state index contributed by atoms with van der Waals surface area (Å²) in [5.74, 6) is -1.68. The van der Waals surface area contributed by atoms with Crippen LogP contribution >= 0.6 is 0 Å². The van der Waals surface area contributed by atoms with E-state index in [1.807, 2.05) is 30.3 Å². The highest BCUT2D eigenvalue weighted by atomic mass is 16.4. The summed E-state index contributed by atoms with van der Waals surface area (Å²) in [6.07, 6.45) is 1.73. The first-order chi connectivity index (χ1) is 10.1. The Hall–Kier alpha value is -2.88. The molecule has 0 saturated heterocycles. The molecule has 0 aliphatic carbocycles. The van der Waals surface area contributed by atoms with Crippen molar-refractivity contribution in [1.29, 1.82) is 0 Å². The zero-order chi connectivity index (χ0) is 15.2. The zero-order valence-electron chi connectivity index (χ0n) is 11.5. The van der Waals surface area contributed by atoms with Crippen molar-refractivity contribution in [2.24, 2.45) is 0 Å². The molecule has 0 fully saturated rings. The van der Waals surface area contributed by atoms with Gasteiger partial charge in [0.2, 0.25) is 0 Å². The number of carboxylic acid groups (broad SMARTS) is 1. The normalized spacial score (nSPS) is 11.0. The largest absolute Gasteiger partial charge is 0.545 e. The van der Waals surface area contributed by atoms with E-state index in [2.05, 4.69) is 5.32 Å². The van der Waals surface area contributed by atoms with Gasteiger partial charge in [-0.3, -0.25) is 4.79 Å². The molecule has 2 aromatic carbocycles. The molecule has 4 nitrogen and oxygen atoms in total. The van der Waals surface area contributed by atoms with Gasteiger partial charge in [0.1, 0.15) is 0 Å². The minimum Gasteiger partial charge on any atom is -0.545 e. The SMILES string of the molecule is C/C(=C/c1ccccc1)C(=O)Nc1ccccc1C(=O)[O-]. The maximum absolute atomic E-state index is 12.1. The van der Waals surface area contributed by atoms with Gasteiger partial charge in [-0.25, -0.2) is 0 Å². The van der Waals surface area contributed by atoms with E-state index in [1.54, 1.807) is 25.1 Å². The van der Waals surface area contributed by atoms with Crippen LogP contribution in [-0.2, 0) is 4.79 Å². The lowest BCUT2D eigenvalue weighted by molar-refractivity contribution is -0.254. The number of benzene rings is 2. The van der Waals surface area contributed by atoms with E-state index in [4.69, 9.17) is 0 Å². The Balaban J connectivity index is 2.19. The predicted molar refractivity (Wildman–Crippen MR) is 79.5 cm³/mol. The first-order valence-electron chi connectivity index (χ1n) is 6.43. The lowest BCUT2D eigenvalue weighted by Crippen LogP contribution is -2.25. The number of amides is 1. The third-order valence-corrected chi connectivity index (χ3v) is 2.94. The Kier molecular flexibility index (Phi) is 4.51. The monoisotopic (exact) mass is 280 g/mol. The van der Waals surface area contributed by atoms with E-state index in [-0.39, 0.29) is 17.2 Å². The summed E-state index contributed by atoms with van der Waals surface area (Å²) in [4.78, 5) is 23.1. The number of carbonyl (C=O) groups is 2. The quantitative estimate of drug-likeness (QED) is 0.872. The molecule has 0 aromatic heterocycles. The average Bonchev–Trinajstić information content (AvgIpc) is 2.48. The highest BCUT2D eigenvalue weighted by Crippen LogP contribution is 2.16. The molecule has 21 heavy (non-hydrogen) atoms. The van der Waals surface area contributed by atoms with E-state index in [0.717, 1.165) is 5.56 Å². The molecule has 106 valence electrons. The lowest BCUT2D eigenvalue weighted by atomic mass is 10.1. The predicted octanol–water partition coefficient (Wildman–Crippen LogP) is 2.09. The van der Waals surface area contributed by atoms with Crippen LogP contribution in [-0.4, -0.2) is 11.9 Å². The van der Waals surface area contributed by atoms with Crippen molar-refractivity contribution in [1.82, 2.24) is 0 Å². The maximum Gasteiger partial charge on any atom is 0.251 e. The van der Waals surface area contributed by atoms with E-state index >= 15 is 0 Å². The fourth-order valence-corrected chi connectivity index (χ4v) is 1.86. The highest BCUT2D eigenvalue weighted by molar-refractivity contribution is 6.08. The number of carboxylic acids is 1. The zero-order valence-corrected chi connectivity index (χ0v) is 11.5. The van der Waals surface area contributed by atoms with Crippen molar-refractivity contribution in [2.45, 2.75) is 6.92 Å². The fourth-order valence-electron chi connectivity index (χ4n) is 1.86. The van der Waals surface area contributed by atoms with Crippen LogP contribution in [0.15, 0.2) is 60.2 Å². The Morgan fingerprint density at radius 2 is 1.62 bits per heavy atom. The smallest absolute Gasteiger partial charge is 0.251 e. The van der Waals surface area contributed by atoms with Crippen molar-refractivity contribution in [3.63, 3.8) is 0 Å². The summed E-state index contributed by atoms with van der Waals surface area (Å²) in [6.45, 7) is 1.67. The summed E-state index contributed by atoms with van der Waals surface area (Å²) in [5.41, 5.74) is 1.56. The van der Waals surface area contributed by atoms with Gasteiger partial charge in [-0.05, 0) is 24.6 Å². The standard InChI is InChI=1S/C17H15NO3/c1-12(11-13-7-3-2-4-8-13)16(19)18-15-10-6-5-9-14(15)17(20)21/h2-11H,1H3,(H,18,19)(H,20,21)/p-1/b12-11-. The van der Waals surface area contributed by atoms with Gasteiger partial charge in [0.15, 0.2) is 0 Å². The van der Waals surface area contributed by atoms with Crippen LogP contribution < -0.4 is 10.4 Å². The molecule has 0 spiro atoms. The van der Waals surface area contributed by atoms with Crippen LogP contribution in [0.1, 0.15) is 22.8 Å². The van der Waals surface area contributed by atoms with Gasteiger partial charge in [-0.15, -0.1) is 0 Å². The van der Waals surface area contributed by atoms with E-state index in [1.165, 1.54) is 12.1 Å². The van der Waals surface area contributed by atoms with Crippen LogP contribution in [0.5, 0.6) is 0 Å². The van der Waals surface area contributed by atoms with Crippen molar-refractivity contribution in [2.75, 3.05) is 5.32 Å². The molecule has 1 amide bonds. The lowest BCUT2D eigenvalue weighted by Gasteiger charge is -2.11. The topological polar surface area (TPSA) is 69.2 Å². The third-order valence-electron chi connectivity index (χ3n) is 2.94. The second kappa shape index (κ2) is 6.52. The number of carbonyl (C=O) groups excluding carboxylic acids is 2. The molecule has 0 radical (unpaired) electrons. The second-order valence-electron chi connectivity index (χ2n) is 4.53. The van der Waals surface area contributed by atoms with Crippen molar-refractivity contribution in [3.8, 4) is 0 Å². The molecular formula is C17H14NO3-. The van der Waals surface area contributed by atoms with Crippen LogP contribution in [0.3, 0.4) is 0 Å². The molecular weight excluding hydrogens is 266 g/mol. The molecule has 0 heterocycles. The fraction of sp³-hybridized carbons (Fsp3) is 0.0588. The van der Waals surface area contributed by atoms with Crippen LogP contribution in [0.2, 0.25) is 0 Å². The number of aromatic carboxylic acids is 1. The Morgan fingerprint density at radius 1 is 1.00 bits per heavy atom. The summed E-state index contributed by atoms with van der Waals surface area (Å²) < 4.78 is 0. The number of anilines is 1. The van der Waals surface area contributed by atoms with Gasteiger partial charge in [0.25, 0.3) is 5.91 Å². The molecule has 0 aliphatic rings. The second-order valence-corrected chi connectivity index (χ2v) is 4.53. The molecule has 0 atom stereocenters. The van der Waals surface area contributed by atoms with Crippen molar-refractivity contribution >= 4 is 23.6 Å². The molecule has 0 bridgehead atoms. The van der Waals surface area contributed by atoms with Crippen molar-refractivity contribution < 1.29 is 14.7 Å². The van der Waals surface area contributed by atoms with Crippen LogP contribution in [0.4, 0.5) is 5.69 Å². The minimum atomic E-state index is -1.32. The van der Waals surface area contributed by atoms with Crippen LogP contribution in [0.25, 0.3) is 6.08 Å². The summed E-state index contributed by atoms with van der Waals surface area (Å²) in [5, 5.41) is 13.6. The summed E-state index contributed by atoms with van der Waals surface area (Å²) in [6, 6.07) is 15.6. The molecule has 0 unspecified atom stereocenters. The Labute approximate surface area is 122 Å². The van der Waals surface area contributed by atoms with E-state index < -0.39 is 5.97 Å². The minimum absolute atomic E-state index is 0.0432. The number of hydrogen-bond donors (Lipinski definition) is 1. The van der Waals surface area contributed by atoms with Gasteiger partial charge < -0.3 is 15.2 Å². The van der Waals surface area contributed by atoms with E-state index in [0.29, 0.717) is 5.57 Å². The summed E-state index contributed by atoms with van der Waals surface area (Å²) in [7, 11) is 0. The number of hydrogen-bond acceptors (Lipinski definition) is 3. The summed E-state index contributed by atoms with van der Waals surface area (Å²) >= 11 is 0. The molecule has 4 heteroatoms. The third kappa shape index (κ3) is 3.79. The van der Waals surface area contributed by atoms with Gasteiger partial charge in [-0.1, -0.05) is 48.5 Å². The molecule has 0 saturated carbocycles. The highest BCUT2D eigenvalue weighted by Gasteiger charge is 2.08. The maximum atomic E-state index is 12.1. The first kappa shape index (κ1) is 14.5. The van der Waals surface area contributed by atoms with Gasteiger partial charge in [0.05, 0.1) is 11.7 Å². The molecule has 1 N–H and O–H groups in total. The van der Waals surface area contributed by atoms with E-state index in [9.17, 15) is 14.7 Å². The van der Waals surface area contributed by atoms with Gasteiger partial charge in [0, 0.05) is 11.1 Å². The molecule has 2 aromatic rings. The van der Waals surface area contributed by atoms with Gasteiger partial charge >= 0.3 is 0 Å². The number of rotatable bonds is 4. The van der Waals surface area contributed by atoms with Crippen molar-refractivity contribution in [3.05, 3.63) is 71.3 Å². The number of nitrogens with one attached hydrogen (secondary N) is 1. The Bertz CT molecular complexity index is 690. The van der Waals surface area contributed by atoms with Crippen LogP contribution in [0, 0.1) is 0 Å². The average molecular weight is 280 g/mol. The van der Waals surface area contributed by atoms with Gasteiger partial charge in [-0.2, -0.15) is 0 Å². The molecule has 2 rings (SSSR count). The Morgan fingerprint density at radius 3 is 2.29 bits per heavy atom.